The molecule has 3 rings (SSSR count). The van der Waals surface area contributed by atoms with Crippen molar-refractivity contribution in [3.63, 3.8) is 0 Å². The van der Waals surface area contributed by atoms with Gasteiger partial charge in [0, 0.05) is 0 Å². The fraction of sp³-hybridized carbons (Fsp3) is 1.00. The monoisotopic (exact) mass is 238 g/mol. The maximum atomic E-state index is 6.40. The predicted molar refractivity (Wildman–Crippen MR) is 67.9 cm³/mol. The van der Waals surface area contributed by atoms with Gasteiger partial charge in [0.2, 0.25) is 0 Å². The van der Waals surface area contributed by atoms with Crippen molar-refractivity contribution in [3.8, 4) is 0 Å². The molecule has 4 unspecified atom stereocenters. The largest absolute Gasteiger partial charge is 0.370 e. The van der Waals surface area contributed by atoms with E-state index in [4.69, 9.17) is 9.47 Å². The van der Waals surface area contributed by atoms with Gasteiger partial charge in [0.25, 0.3) is 0 Å². The van der Waals surface area contributed by atoms with Crippen LogP contribution in [0.25, 0.3) is 0 Å². The molecule has 0 aromatic carbocycles. The van der Waals surface area contributed by atoms with E-state index < -0.39 is 0 Å². The summed E-state index contributed by atoms with van der Waals surface area (Å²) in [4.78, 5) is 0. The van der Waals surface area contributed by atoms with Gasteiger partial charge in [0.15, 0.2) is 0 Å². The molecule has 2 saturated carbocycles. The first-order chi connectivity index (χ1) is 7.80. The van der Waals surface area contributed by atoms with Gasteiger partial charge in [0.05, 0.1) is 24.4 Å². The van der Waals surface area contributed by atoms with Gasteiger partial charge in [-0.05, 0) is 49.9 Å². The van der Waals surface area contributed by atoms with Crippen LogP contribution in [-0.4, -0.2) is 24.4 Å². The topological polar surface area (TPSA) is 18.5 Å². The Morgan fingerprint density at radius 2 is 1.65 bits per heavy atom. The molecule has 0 bridgehead atoms. The summed E-state index contributed by atoms with van der Waals surface area (Å²) >= 11 is 0. The SMILES string of the molecule is CC1CCC2C(C2(C)C)C12COC(C)(C)CO2. The zero-order valence-corrected chi connectivity index (χ0v) is 11.9. The molecule has 0 radical (unpaired) electrons. The average Bonchev–Trinajstić information content (AvgIpc) is 2.80. The van der Waals surface area contributed by atoms with E-state index in [1.54, 1.807) is 0 Å². The summed E-state index contributed by atoms with van der Waals surface area (Å²) in [6, 6.07) is 0. The second-order valence-corrected chi connectivity index (χ2v) is 7.68. The Bertz CT molecular complexity index is 322. The molecule has 3 aliphatic rings. The predicted octanol–water partition coefficient (Wildman–Crippen LogP) is 3.25. The van der Waals surface area contributed by atoms with Gasteiger partial charge < -0.3 is 9.47 Å². The van der Waals surface area contributed by atoms with Crippen molar-refractivity contribution in [3.05, 3.63) is 0 Å². The molecule has 17 heavy (non-hydrogen) atoms. The quantitative estimate of drug-likeness (QED) is 0.645. The molecule has 1 spiro atoms. The van der Waals surface area contributed by atoms with E-state index in [0.29, 0.717) is 11.3 Å². The van der Waals surface area contributed by atoms with Crippen molar-refractivity contribution in [2.75, 3.05) is 13.2 Å². The number of fused-ring (bicyclic) bond motifs is 2. The number of hydrogen-bond donors (Lipinski definition) is 0. The van der Waals surface area contributed by atoms with Crippen molar-refractivity contribution < 1.29 is 9.47 Å². The standard InChI is InChI=1S/C15H26O2/c1-10-6-7-11-12(14(11,4)5)15(10)9-16-13(2,3)8-17-15/h10-12H,6-9H2,1-5H3. The molecular formula is C15H26O2. The van der Waals surface area contributed by atoms with E-state index in [1.807, 2.05) is 0 Å². The van der Waals surface area contributed by atoms with E-state index in [-0.39, 0.29) is 11.2 Å². The van der Waals surface area contributed by atoms with E-state index in [0.717, 1.165) is 25.0 Å². The van der Waals surface area contributed by atoms with Gasteiger partial charge in [-0.3, -0.25) is 0 Å². The molecule has 2 aliphatic carbocycles. The van der Waals surface area contributed by atoms with Crippen LogP contribution in [0.1, 0.15) is 47.5 Å². The first-order valence-corrected chi connectivity index (χ1v) is 7.07. The summed E-state index contributed by atoms with van der Waals surface area (Å²) in [5, 5.41) is 0. The Morgan fingerprint density at radius 1 is 0.941 bits per heavy atom. The Labute approximate surface area is 105 Å². The maximum absolute atomic E-state index is 6.40. The van der Waals surface area contributed by atoms with E-state index in [9.17, 15) is 0 Å². The molecule has 4 atom stereocenters. The molecule has 98 valence electrons. The maximum Gasteiger partial charge on any atom is 0.0977 e. The summed E-state index contributed by atoms with van der Waals surface area (Å²) in [6.45, 7) is 13.0. The number of hydrogen-bond acceptors (Lipinski definition) is 2. The average molecular weight is 238 g/mol. The minimum atomic E-state index is -0.100. The Kier molecular flexibility index (Phi) is 2.30. The third-order valence-electron chi connectivity index (χ3n) is 5.70. The highest BCUT2D eigenvalue weighted by atomic mass is 16.6. The molecule has 1 heterocycles. The number of ether oxygens (including phenoxy) is 2. The summed E-state index contributed by atoms with van der Waals surface area (Å²) in [7, 11) is 0. The van der Waals surface area contributed by atoms with Crippen molar-refractivity contribution in [1.82, 2.24) is 0 Å². The van der Waals surface area contributed by atoms with E-state index >= 15 is 0 Å². The van der Waals surface area contributed by atoms with Crippen molar-refractivity contribution >= 4 is 0 Å². The Balaban J connectivity index is 1.86. The van der Waals surface area contributed by atoms with Crippen LogP contribution in [-0.2, 0) is 9.47 Å². The normalized spacial score (nSPS) is 51.0. The highest BCUT2D eigenvalue weighted by Crippen LogP contribution is 2.70. The first kappa shape index (κ1) is 12.0. The molecule has 1 aliphatic heterocycles. The summed E-state index contributed by atoms with van der Waals surface area (Å²) < 4.78 is 12.5. The van der Waals surface area contributed by atoms with Crippen LogP contribution >= 0.6 is 0 Å². The smallest absolute Gasteiger partial charge is 0.0977 e. The van der Waals surface area contributed by atoms with Crippen LogP contribution in [0, 0.1) is 23.2 Å². The molecule has 1 saturated heterocycles. The van der Waals surface area contributed by atoms with Crippen LogP contribution < -0.4 is 0 Å². The van der Waals surface area contributed by atoms with Crippen LogP contribution in [0.15, 0.2) is 0 Å². The van der Waals surface area contributed by atoms with Crippen LogP contribution in [0.5, 0.6) is 0 Å². The summed E-state index contributed by atoms with van der Waals surface area (Å²) in [6.07, 6.45) is 2.68. The zero-order chi connectivity index (χ0) is 12.5. The highest BCUT2D eigenvalue weighted by Gasteiger charge is 2.71. The van der Waals surface area contributed by atoms with E-state index in [2.05, 4.69) is 34.6 Å². The molecule has 2 nitrogen and oxygen atoms in total. The Hall–Kier alpha value is -0.0800. The van der Waals surface area contributed by atoms with Gasteiger partial charge in [-0.15, -0.1) is 0 Å². The fourth-order valence-corrected chi connectivity index (χ4v) is 4.40. The lowest BCUT2D eigenvalue weighted by Gasteiger charge is -2.49. The lowest BCUT2D eigenvalue weighted by molar-refractivity contribution is -0.256. The minimum absolute atomic E-state index is 0.0158. The molecule has 0 aromatic rings. The van der Waals surface area contributed by atoms with Gasteiger partial charge in [-0.1, -0.05) is 20.8 Å². The molecule has 2 heteroatoms. The van der Waals surface area contributed by atoms with Crippen molar-refractivity contribution in [2.45, 2.75) is 58.7 Å². The minimum Gasteiger partial charge on any atom is -0.370 e. The third kappa shape index (κ3) is 1.53. The molecular weight excluding hydrogens is 212 g/mol. The summed E-state index contributed by atoms with van der Waals surface area (Å²) in [5.41, 5.74) is 0.383. The van der Waals surface area contributed by atoms with Gasteiger partial charge >= 0.3 is 0 Å². The third-order valence-corrected chi connectivity index (χ3v) is 5.70. The number of rotatable bonds is 0. The zero-order valence-electron chi connectivity index (χ0n) is 11.9. The van der Waals surface area contributed by atoms with Crippen molar-refractivity contribution in [2.24, 2.45) is 23.2 Å². The van der Waals surface area contributed by atoms with Gasteiger partial charge in [-0.2, -0.15) is 0 Å². The Morgan fingerprint density at radius 3 is 2.24 bits per heavy atom. The fourth-order valence-electron chi connectivity index (χ4n) is 4.40. The van der Waals surface area contributed by atoms with Crippen molar-refractivity contribution in [1.29, 1.82) is 0 Å². The van der Waals surface area contributed by atoms with Crippen LogP contribution in [0.4, 0.5) is 0 Å². The molecule has 0 aromatic heterocycles. The molecule has 3 fully saturated rings. The first-order valence-electron chi connectivity index (χ1n) is 7.07. The second-order valence-electron chi connectivity index (χ2n) is 7.68. The molecule has 0 N–H and O–H groups in total. The van der Waals surface area contributed by atoms with E-state index in [1.165, 1.54) is 12.8 Å². The molecule has 0 amide bonds. The lowest BCUT2D eigenvalue weighted by Crippen LogP contribution is -2.57. The second kappa shape index (κ2) is 3.27. The lowest BCUT2D eigenvalue weighted by atomic mass is 9.75. The van der Waals surface area contributed by atoms with Crippen LogP contribution in [0.3, 0.4) is 0 Å². The highest BCUT2D eigenvalue weighted by molar-refractivity contribution is 5.19. The van der Waals surface area contributed by atoms with Gasteiger partial charge in [0.1, 0.15) is 0 Å². The van der Waals surface area contributed by atoms with Crippen LogP contribution in [0.2, 0.25) is 0 Å². The summed E-state index contributed by atoms with van der Waals surface area (Å²) in [5.74, 6) is 2.22. The van der Waals surface area contributed by atoms with Gasteiger partial charge in [-0.25, -0.2) is 0 Å².